The molecule has 2 amide bonds. The summed E-state index contributed by atoms with van der Waals surface area (Å²) in [5.41, 5.74) is 9.03. The van der Waals surface area contributed by atoms with Gasteiger partial charge in [0, 0.05) is 37.7 Å². The lowest BCUT2D eigenvalue weighted by molar-refractivity contribution is -0.117. The van der Waals surface area contributed by atoms with Crippen LogP contribution in [0.5, 0.6) is 0 Å². The van der Waals surface area contributed by atoms with Crippen LogP contribution in [-0.4, -0.2) is 18.4 Å². The first kappa shape index (κ1) is 32.9. The third-order valence-electron chi connectivity index (χ3n) is 5.64. The molecular weight excluding hydrogens is 492 g/mol. The number of amides is 2. The van der Waals surface area contributed by atoms with Crippen LogP contribution in [0, 0.1) is 5.92 Å². The summed E-state index contributed by atoms with van der Waals surface area (Å²) in [6, 6.07) is 28.8. The van der Waals surface area contributed by atoms with Gasteiger partial charge in [0.05, 0.1) is 0 Å². The van der Waals surface area contributed by atoms with Crippen LogP contribution in [0.4, 0.5) is 5.69 Å². The third kappa shape index (κ3) is 16.6. The minimum atomic E-state index is -0.333. The fourth-order valence-electron chi connectivity index (χ4n) is 3.51. The molecule has 0 radical (unpaired) electrons. The summed E-state index contributed by atoms with van der Waals surface area (Å²) in [6.45, 7) is 6.72. The van der Waals surface area contributed by atoms with E-state index in [1.165, 1.54) is 25.3 Å². The Balaban J connectivity index is 0.000000398. The van der Waals surface area contributed by atoms with Gasteiger partial charge in [0.2, 0.25) is 11.8 Å². The van der Waals surface area contributed by atoms with Crippen LogP contribution in [0.1, 0.15) is 58.4 Å². The van der Waals surface area contributed by atoms with Gasteiger partial charge < -0.3 is 11.1 Å². The average Bonchev–Trinajstić information content (AvgIpc) is 2.92. The number of hydrogen-bond donors (Lipinski definition) is 4. The Labute approximate surface area is 233 Å². The molecule has 1 atom stereocenters. The molecule has 0 bridgehead atoms. The van der Waals surface area contributed by atoms with Crippen molar-refractivity contribution in [3.63, 3.8) is 0 Å². The lowest BCUT2D eigenvalue weighted by Gasteiger charge is -2.08. The second-order valence-corrected chi connectivity index (χ2v) is 9.66. The van der Waals surface area contributed by atoms with Crippen molar-refractivity contribution in [3.05, 3.63) is 90.5 Å². The van der Waals surface area contributed by atoms with Crippen molar-refractivity contribution in [2.24, 2.45) is 16.8 Å². The molecule has 6 nitrogen and oxygen atoms in total. The average molecular weight is 537 g/mol. The predicted molar refractivity (Wildman–Crippen MR) is 163 cm³/mol. The molecule has 0 spiro atoms. The molecule has 0 aliphatic carbocycles. The molecule has 6 N–H and O–H groups in total. The maximum atomic E-state index is 12.0. The Morgan fingerprint density at radius 2 is 1.47 bits per heavy atom. The number of primary amides is 1. The van der Waals surface area contributed by atoms with E-state index in [9.17, 15) is 9.59 Å². The van der Waals surface area contributed by atoms with E-state index in [1.807, 2.05) is 42.5 Å². The summed E-state index contributed by atoms with van der Waals surface area (Å²) in [4.78, 5) is 21.2. The molecule has 38 heavy (non-hydrogen) atoms. The number of carbonyl (C=O) groups excluding carboxylic acids is 2. The molecule has 0 fully saturated rings. The van der Waals surface area contributed by atoms with Crippen molar-refractivity contribution in [2.45, 2.75) is 59.3 Å². The van der Waals surface area contributed by atoms with E-state index < -0.39 is 0 Å². The van der Waals surface area contributed by atoms with Crippen LogP contribution < -0.4 is 20.9 Å². The normalized spacial score (nSPS) is 10.7. The SMILES string of the molecule is CC(N)=O.CCC(C)Cc1ccccc1.NSNCCCCCC(=O)Nc1cccc(-c2ccccc2)c1. The Bertz CT molecular complexity index is 1030. The maximum absolute atomic E-state index is 12.0. The van der Waals surface area contributed by atoms with Crippen LogP contribution in [0.15, 0.2) is 84.9 Å². The highest BCUT2D eigenvalue weighted by Gasteiger charge is 2.04. The van der Waals surface area contributed by atoms with Crippen LogP contribution in [0.25, 0.3) is 11.1 Å². The smallest absolute Gasteiger partial charge is 0.224 e. The first-order valence-electron chi connectivity index (χ1n) is 13.2. The van der Waals surface area contributed by atoms with Crippen molar-refractivity contribution in [3.8, 4) is 11.1 Å². The van der Waals surface area contributed by atoms with Gasteiger partial charge in [-0.25, -0.2) is 0 Å². The molecule has 3 aromatic carbocycles. The van der Waals surface area contributed by atoms with E-state index in [0.29, 0.717) is 6.42 Å². The van der Waals surface area contributed by atoms with Gasteiger partial charge in [-0.15, -0.1) is 0 Å². The third-order valence-corrected chi connectivity index (χ3v) is 6.01. The van der Waals surface area contributed by atoms with Crippen molar-refractivity contribution in [1.29, 1.82) is 0 Å². The molecule has 0 saturated heterocycles. The van der Waals surface area contributed by atoms with Gasteiger partial charge in [-0.2, -0.15) is 0 Å². The van der Waals surface area contributed by atoms with Gasteiger partial charge >= 0.3 is 0 Å². The lowest BCUT2D eigenvalue weighted by atomic mass is 9.99. The lowest BCUT2D eigenvalue weighted by Crippen LogP contribution is -2.12. The predicted octanol–water partition coefficient (Wildman–Crippen LogP) is 6.73. The van der Waals surface area contributed by atoms with Crippen molar-refractivity contribution in [2.75, 3.05) is 11.9 Å². The quantitative estimate of drug-likeness (QED) is 0.151. The minimum absolute atomic E-state index is 0.0661. The summed E-state index contributed by atoms with van der Waals surface area (Å²) >= 11 is 1.14. The second kappa shape index (κ2) is 20.9. The van der Waals surface area contributed by atoms with Crippen LogP contribution >= 0.6 is 12.1 Å². The number of hydrogen-bond acceptors (Lipinski definition) is 5. The van der Waals surface area contributed by atoms with Gasteiger partial charge in [-0.1, -0.05) is 99.5 Å². The number of nitrogens with one attached hydrogen (secondary N) is 2. The molecule has 0 heterocycles. The Kier molecular flexibility index (Phi) is 18.1. The van der Waals surface area contributed by atoms with Crippen LogP contribution in [-0.2, 0) is 16.0 Å². The first-order valence-corrected chi connectivity index (χ1v) is 14.1. The molecule has 206 valence electrons. The summed E-state index contributed by atoms with van der Waals surface area (Å²) < 4.78 is 2.99. The largest absolute Gasteiger partial charge is 0.370 e. The van der Waals surface area contributed by atoms with E-state index in [2.05, 4.69) is 72.1 Å². The summed E-state index contributed by atoms with van der Waals surface area (Å²) in [7, 11) is 0. The molecule has 3 aromatic rings. The van der Waals surface area contributed by atoms with Crippen molar-refractivity contribution < 1.29 is 9.59 Å². The molecule has 7 heteroatoms. The zero-order chi connectivity index (χ0) is 28.0. The summed E-state index contributed by atoms with van der Waals surface area (Å²) in [6.07, 6.45) is 5.98. The first-order chi connectivity index (χ1) is 18.3. The highest BCUT2D eigenvalue weighted by atomic mass is 32.2. The van der Waals surface area contributed by atoms with E-state index >= 15 is 0 Å². The fraction of sp³-hybridized carbons (Fsp3) is 0.355. The highest BCUT2D eigenvalue weighted by molar-refractivity contribution is 7.95. The van der Waals surface area contributed by atoms with E-state index in [4.69, 9.17) is 5.14 Å². The minimum Gasteiger partial charge on any atom is -0.370 e. The van der Waals surface area contributed by atoms with Gasteiger partial charge in [0.1, 0.15) is 0 Å². The molecule has 0 saturated carbocycles. The molecule has 1 unspecified atom stereocenters. The Morgan fingerprint density at radius 1 is 0.868 bits per heavy atom. The number of rotatable bonds is 12. The van der Waals surface area contributed by atoms with Crippen LogP contribution in [0.2, 0.25) is 0 Å². The van der Waals surface area contributed by atoms with Crippen molar-refractivity contribution in [1.82, 2.24) is 4.72 Å². The van der Waals surface area contributed by atoms with E-state index in [-0.39, 0.29) is 11.8 Å². The van der Waals surface area contributed by atoms with Gasteiger partial charge in [-0.3, -0.25) is 19.5 Å². The van der Waals surface area contributed by atoms with Crippen molar-refractivity contribution >= 4 is 29.6 Å². The number of benzene rings is 3. The highest BCUT2D eigenvalue weighted by Crippen LogP contribution is 2.22. The number of unbranched alkanes of at least 4 members (excludes halogenated alkanes) is 2. The van der Waals surface area contributed by atoms with Gasteiger partial charge in [0.15, 0.2) is 0 Å². The number of carbonyl (C=O) groups is 2. The molecule has 0 aliphatic rings. The number of nitrogens with two attached hydrogens (primary N) is 2. The summed E-state index contributed by atoms with van der Waals surface area (Å²) in [5, 5.41) is 8.25. The Morgan fingerprint density at radius 3 is 2.08 bits per heavy atom. The maximum Gasteiger partial charge on any atom is 0.224 e. The van der Waals surface area contributed by atoms with E-state index in [0.717, 1.165) is 60.7 Å². The zero-order valence-corrected chi connectivity index (χ0v) is 23.8. The zero-order valence-electron chi connectivity index (χ0n) is 23.0. The van der Waals surface area contributed by atoms with Crippen LogP contribution in [0.3, 0.4) is 0 Å². The monoisotopic (exact) mass is 536 g/mol. The van der Waals surface area contributed by atoms with Gasteiger partial charge in [-0.05, 0) is 54.0 Å². The Hall–Kier alpha value is -3.13. The molecular formula is C31H44N4O2S. The summed E-state index contributed by atoms with van der Waals surface area (Å²) in [5.74, 6) is 0.550. The second-order valence-electron chi connectivity index (χ2n) is 9.13. The molecule has 0 aromatic heterocycles. The van der Waals surface area contributed by atoms with E-state index in [1.54, 1.807) is 0 Å². The topological polar surface area (TPSA) is 110 Å². The molecule has 0 aliphatic heterocycles. The fourth-order valence-corrected chi connectivity index (χ4v) is 3.77. The standard InChI is InChI=1S/C18H23N3OS.C11H16.C2H5NO/c19-23-20-13-6-2-5-12-18(22)21-17-11-7-10-16(14-17)15-8-3-1-4-9-15;1-3-10(2)9-11-7-5-4-6-8-11;1-2(3)4/h1,3-4,7-11,14,20H,2,5-6,12-13,19H2,(H,21,22);4-8,10H,3,9H2,1-2H3;1H3,(H2,3,4). The molecule has 3 rings (SSSR count). The van der Waals surface area contributed by atoms with Gasteiger partial charge in [0.25, 0.3) is 0 Å². The number of anilines is 1.